The SMILES string of the molecule is [Hf][CH2]C(C1=CC=CC1)C1=CC=CC1. The van der Waals surface area contributed by atoms with Crippen molar-refractivity contribution in [3.05, 3.63) is 47.6 Å². The van der Waals surface area contributed by atoms with Crippen LogP contribution in [0.2, 0.25) is 4.18 Å². The first-order chi connectivity index (χ1) is 6.42. The summed E-state index contributed by atoms with van der Waals surface area (Å²) in [6.07, 6.45) is 15.9. The summed E-state index contributed by atoms with van der Waals surface area (Å²) in [5, 5.41) is 0. The van der Waals surface area contributed by atoms with Gasteiger partial charge in [-0.25, -0.2) is 0 Å². The van der Waals surface area contributed by atoms with Crippen molar-refractivity contribution in [1.82, 2.24) is 0 Å². The third kappa shape index (κ3) is 2.01. The second kappa shape index (κ2) is 4.36. The molecule has 0 N–H and O–H groups in total. The average Bonchev–Trinajstić information content (AvgIpc) is 2.76. The number of allylic oxidation sites excluding steroid dienone is 8. The number of hydrogen-bond donors (Lipinski definition) is 0. The van der Waals surface area contributed by atoms with Gasteiger partial charge in [0.1, 0.15) is 0 Å². The third-order valence-corrected chi connectivity index (χ3v) is 4.17. The normalized spacial score (nSPS) is 19.7. The molecule has 0 saturated carbocycles. The second-order valence-electron chi connectivity index (χ2n) is 3.50. The molecule has 0 fully saturated rings. The second-order valence-corrected chi connectivity index (χ2v) is 4.97. The van der Waals surface area contributed by atoms with Gasteiger partial charge in [-0.3, -0.25) is 0 Å². The average molecular weight is 336 g/mol. The summed E-state index contributed by atoms with van der Waals surface area (Å²) in [6.45, 7) is 0. The van der Waals surface area contributed by atoms with Gasteiger partial charge in [0.05, 0.1) is 0 Å². The van der Waals surface area contributed by atoms with E-state index in [1.54, 1.807) is 11.1 Å². The van der Waals surface area contributed by atoms with Crippen LogP contribution in [0.25, 0.3) is 0 Å². The standard InChI is InChI=1S/C12H13.Hf/c1-10(11-6-2-3-7-11)12-8-4-5-9-12;/h2-6,8,10H,1,7,9H2;. The molecule has 0 nitrogen and oxygen atoms in total. The summed E-state index contributed by atoms with van der Waals surface area (Å²) in [5.41, 5.74) is 3.26. The van der Waals surface area contributed by atoms with E-state index in [4.69, 9.17) is 0 Å². The van der Waals surface area contributed by atoms with Gasteiger partial charge in [0.25, 0.3) is 0 Å². The Morgan fingerprint density at radius 2 is 1.62 bits per heavy atom. The van der Waals surface area contributed by atoms with Gasteiger partial charge in [-0.15, -0.1) is 0 Å². The molecule has 0 aromatic rings. The van der Waals surface area contributed by atoms with Gasteiger partial charge < -0.3 is 0 Å². The summed E-state index contributed by atoms with van der Waals surface area (Å²) >= 11 is 1.30. The van der Waals surface area contributed by atoms with Gasteiger partial charge in [0, 0.05) is 0 Å². The van der Waals surface area contributed by atoms with Crippen LogP contribution in [0.3, 0.4) is 0 Å². The molecule has 0 aromatic heterocycles. The zero-order valence-electron chi connectivity index (χ0n) is 7.66. The van der Waals surface area contributed by atoms with Crippen LogP contribution in [0.1, 0.15) is 12.8 Å². The maximum atomic E-state index is 2.31. The van der Waals surface area contributed by atoms with E-state index in [2.05, 4.69) is 36.5 Å². The molecular formula is C12H13Hf. The first-order valence-electron chi connectivity index (χ1n) is 4.77. The molecule has 65 valence electrons. The predicted molar refractivity (Wildman–Crippen MR) is 52.0 cm³/mol. The van der Waals surface area contributed by atoms with Crippen LogP contribution in [-0.4, -0.2) is 0 Å². The van der Waals surface area contributed by atoms with Gasteiger partial charge in [0.15, 0.2) is 0 Å². The molecule has 2 aliphatic rings. The topological polar surface area (TPSA) is 0 Å². The quantitative estimate of drug-likeness (QED) is 0.694. The molecule has 0 bridgehead atoms. The molecule has 0 atom stereocenters. The Hall–Kier alpha value is -0.170. The molecule has 0 heterocycles. The van der Waals surface area contributed by atoms with Crippen molar-refractivity contribution < 1.29 is 24.4 Å². The third-order valence-electron chi connectivity index (χ3n) is 2.70. The summed E-state index contributed by atoms with van der Waals surface area (Å²) < 4.78 is 1.38. The summed E-state index contributed by atoms with van der Waals surface area (Å²) in [5.74, 6) is 0.761. The van der Waals surface area contributed by atoms with E-state index in [-0.39, 0.29) is 0 Å². The molecule has 0 saturated heterocycles. The van der Waals surface area contributed by atoms with Gasteiger partial charge in [-0.2, -0.15) is 0 Å². The predicted octanol–water partition coefficient (Wildman–Crippen LogP) is 3.34. The van der Waals surface area contributed by atoms with Gasteiger partial charge in [-0.05, 0) is 0 Å². The van der Waals surface area contributed by atoms with Crippen molar-refractivity contribution in [2.24, 2.45) is 5.92 Å². The van der Waals surface area contributed by atoms with Crippen LogP contribution in [0, 0.1) is 5.92 Å². The fourth-order valence-corrected chi connectivity index (χ4v) is 3.83. The Kier molecular flexibility index (Phi) is 3.15. The molecule has 0 aliphatic heterocycles. The Bertz CT molecular complexity index is 275. The molecule has 0 aromatic carbocycles. The van der Waals surface area contributed by atoms with E-state index in [1.165, 1.54) is 41.4 Å². The van der Waals surface area contributed by atoms with E-state index < -0.39 is 0 Å². The van der Waals surface area contributed by atoms with E-state index in [9.17, 15) is 0 Å². The zero-order chi connectivity index (χ0) is 9.10. The Balaban J connectivity index is 2.09. The Morgan fingerprint density at radius 3 is 1.92 bits per heavy atom. The molecular weight excluding hydrogens is 323 g/mol. The van der Waals surface area contributed by atoms with Gasteiger partial charge in [0.2, 0.25) is 0 Å². The van der Waals surface area contributed by atoms with Crippen molar-refractivity contribution in [2.75, 3.05) is 0 Å². The van der Waals surface area contributed by atoms with Crippen LogP contribution in [0.15, 0.2) is 47.6 Å². The summed E-state index contributed by atoms with van der Waals surface area (Å²) in [6, 6.07) is 0. The number of hydrogen-bond acceptors (Lipinski definition) is 0. The molecule has 2 rings (SSSR count). The molecule has 0 radical (unpaired) electrons. The maximum absolute atomic E-state index is 2.31. The van der Waals surface area contributed by atoms with Crippen molar-refractivity contribution in [3.8, 4) is 0 Å². The van der Waals surface area contributed by atoms with Crippen LogP contribution < -0.4 is 0 Å². The van der Waals surface area contributed by atoms with Crippen LogP contribution in [0.4, 0.5) is 0 Å². The minimum absolute atomic E-state index is 0.761. The van der Waals surface area contributed by atoms with Gasteiger partial charge >= 0.3 is 94.9 Å². The van der Waals surface area contributed by atoms with E-state index >= 15 is 0 Å². The van der Waals surface area contributed by atoms with E-state index in [1.807, 2.05) is 0 Å². The van der Waals surface area contributed by atoms with Crippen molar-refractivity contribution in [3.63, 3.8) is 0 Å². The van der Waals surface area contributed by atoms with Crippen molar-refractivity contribution in [1.29, 1.82) is 0 Å². The van der Waals surface area contributed by atoms with Crippen LogP contribution in [0.5, 0.6) is 0 Å². The summed E-state index contributed by atoms with van der Waals surface area (Å²) in [4.78, 5) is 0. The zero-order valence-corrected chi connectivity index (χ0v) is 11.3. The molecule has 0 amide bonds. The minimum atomic E-state index is 0.761. The molecule has 0 unspecified atom stereocenters. The monoisotopic (exact) mass is 337 g/mol. The van der Waals surface area contributed by atoms with Crippen LogP contribution in [-0.2, 0) is 24.4 Å². The van der Waals surface area contributed by atoms with E-state index in [0.717, 1.165) is 5.92 Å². The first kappa shape index (κ1) is 9.39. The molecule has 13 heavy (non-hydrogen) atoms. The van der Waals surface area contributed by atoms with E-state index in [0.29, 0.717) is 0 Å². The molecule has 1 heteroatoms. The summed E-state index contributed by atoms with van der Waals surface area (Å²) in [7, 11) is 0. The first-order valence-corrected chi connectivity index (χ1v) is 7.31. The van der Waals surface area contributed by atoms with Crippen molar-refractivity contribution in [2.45, 2.75) is 17.0 Å². The Labute approximate surface area is 94.7 Å². The van der Waals surface area contributed by atoms with Crippen molar-refractivity contribution >= 4 is 0 Å². The number of rotatable bonds is 3. The van der Waals surface area contributed by atoms with Gasteiger partial charge in [-0.1, -0.05) is 0 Å². The van der Waals surface area contributed by atoms with Crippen LogP contribution >= 0.6 is 0 Å². The fourth-order valence-electron chi connectivity index (χ4n) is 1.94. The Morgan fingerprint density at radius 1 is 1.08 bits per heavy atom. The molecule has 0 spiro atoms. The molecule has 2 aliphatic carbocycles. The fraction of sp³-hybridized carbons (Fsp3) is 0.333.